The van der Waals surface area contributed by atoms with Crippen molar-refractivity contribution in [2.75, 3.05) is 7.11 Å². The lowest BCUT2D eigenvalue weighted by molar-refractivity contribution is 0.415. The lowest BCUT2D eigenvalue weighted by atomic mass is 10.2. The quantitative estimate of drug-likeness (QED) is 0.375. The van der Waals surface area contributed by atoms with Crippen LogP contribution in [0.15, 0.2) is 51.5 Å². The van der Waals surface area contributed by atoms with E-state index >= 15 is 0 Å². The first kappa shape index (κ1) is 16.0. The Morgan fingerprint density at radius 1 is 1.12 bits per heavy atom. The second-order valence-electron chi connectivity index (χ2n) is 5.25. The zero-order valence-electron chi connectivity index (χ0n) is 13.5. The van der Waals surface area contributed by atoms with E-state index in [1.165, 1.54) is 0 Å². The van der Waals surface area contributed by atoms with Gasteiger partial charge in [0, 0.05) is 10.9 Å². The molecule has 0 spiro atoms. The molecule has 4 aromatic rings. The van der Waals surface area contributed by atoms with Crippen molar-refractivity contribution in [2.45, 2.75) is 17.2 Å². The van der Waals surface area contributed by atoms with Crippen molar-refractivity contribution in [3.05, 3.63) is 47.9 Å². The Bertz CT molecular complexity index is 997. The SMILES string of the molecule is COc1ccc(-c2nnc([C@@H](C)Sc3ncnc4sccc34)o2)cc1. The third-order valence-corrected chi connectivity index (χ3v) is 5.56. The molecule has 0 aliphatic rings. The van der Waals surface area contributed by atoms with Crippen LogP contribution < -0.4 is 4.74 Å². The normalized spacial score (nSPS) is 12.4. The van der Waals surface area contributed by atoms with Crippen LogP contribution in [0.3, 0.4) is 0 Å². The van der Waals surface area contributed by atoms with E-state index in [0.717, 1.165) is 26.6 Å². The maximum Gasteiger partial charge on any atom is 0.247 e. The summed E-state index contributed by atoms with van der Waals surface area (Å²) in [6.45, 7) is 2.02. The van der Waals surface area contributed by atoms with Crippen molar-refractivity contribution < 1.29 is 9.15 Å². The summed E-state index contributed by atoms with van der Waals surface area (Å²) < 4.78 is 11.0. The minimum absolute atomic E-state index is 0.0162. The average Bonchev–Trinajstić information content (AvgIpc) is 3.32. The number of hydrogen-bond donors (Lipinski definition) is 0. The van der Waals surface area contributed by atoms with Crippen LogP contribution in [0.25, 0.3) is 21.7 Å². The van der Waals surface area contributed by atoms with Crippen LogP contribution in [-0.4, -0.2) is 27.3 Å². The van der Waals surface area contributed by atoms with E-state index in [-0.39, 0.29) is 5.25 Å². The van der Waals surface area contributed by atoms with Gasteiger partial charge in [0.1, 0.15) is 21.9 Å². The first-order chi connectivity index (χ1) is 12.2. The van der Waals surface area contributed by atoms with E-state index in [9.17, 15) is 0 Å². The van der Waals surface area contributed by atoms with Crippen LogP contribution in [0.2, 0.25) is 0 Å². The minimum Gasteiger partial charge on any atom is -0.497 e. The number of aromatic nitrogens is 4. The fraction of sp³-hybridized carbons (Fsp3) is 0.176. The molecule has 0 bridgehead atoms. The Morgan fingerprint density at radius 3 is 2.76 bits per heavy atom. The molecule has 6 nitrogen and oxygen atoms in total. The van der Waals surface area contributed by atoms with Gasteiger partial charge in [-0.1, -0.05) is 11.8 Å². The Hall–Kier alpha value is -2.45. The van der Waals surface area contributed by atoms with E-state index in [1.54, 1.807) is 36.5 Å². The second-order valence-corrected chi connectivity index (χ2v) is 7.48. The summed E-state index contributed by atoms with van der Waals surface area (Å²) in [7, 11) is 1.64. The van der Waals surface area contributed by atoms with Gasteiger partial charge < -0.3 is 9.15 Å². The smallest absolute Gasteiger partial charge is 0.247 e. The number of fused-ring (bicyclic) bond motifs is 1. The van der Waals surface area contributed by atoms with Gasteiger partial charge in [-0.05, 0) is 42.6 Å². The molecule has 0 unspecified atom stereocenters. The summed E-state index contributed by atoms with van der Waals surface area (Å²) >= 11 is 3.19. The van der Waals surface area contributed by atoms with Crippen LogP contribution >= 0.6 is 23.1 Å². The zero-order valence-corrected chi connectivity index (χ0v) is 15.2. The first-order valence-electron chi connectivity index (χ1n) is 7.57. The van der Waals surface area contributed by atoms with Gasteiger partial charge >= 0.3 is 0 Å². The van der Waals surface area contributed by atoms with Crippen molar-refractivity contribution in [1.82, 2.24) is 20.2 Å². The topological polar surface area (TPSA) is 73.9 Å². The fourth-order valence-corrected chi connectivity index (χ4v) is 4.06. The standard InChI is InChI=1S/C17H14N4O2S2/c1-10(25-17-13-7-8-24-16(13)18-9-19-17)14-20-21-15(23-14)11-3-5-12(22-2)6-4-11/h3-10H,1-2H3/t10-/m1/s1. The number of ether oxygens (including phenoxy) is 1. The van der Waals surface area contributed by atoms with Gasteiger partial charge in [0.05, 0.1) is 12.4 Å². The highest BCUT2D eigenvalue weighted by Crippen LogP contribution is 2.37. The third-order valence-electron chi connectivity index (χ3n) is 3.64. The summed E-state index contributed by atoms with van der Waals surface area (Å²) in [5.41, 5.74) is 0.860. The number of benzene rings is 1. The van der Waals surface area contributed by atoms with Crippen LogP contribution in [0.4, 0.5) is 0 Å². The highest BCUT2D eigenvalue weighted by Gasteiger charge is 2.18. The third kappa shape index (κ3) is 3.22. The molecular weight excluding hydrogens is 356 g/mol. The minimum atomic E-state index is -0.0162. The molecule has 0 N–H and O–H groups in total. The molecule has 8 heteroatoms. The lowest BCUT2D eigenvalue weighted by Crippen LogP contribution is -1.91. The molecular formula is C17H14N4O2S2. The van der Waals surface area contributed by atoms with Crippen LogP contribution in [0.1, 0.15) is 18.1 Å². The number of nitrogens with zero attached hydrogens (tertiary/aromatic N) is 4. The first-order valence-corrected chi connectivity index (χ1v) is 9.33. The van der Waals surface area contributed by atoms with E-state index in [4.69, 9.17) is 9.15 Å². The Morgan fingerprint density at radius 2 is 1.96 bits per heavy atom. The van der Waals surface area contributed by atoms with Crippen molar-refractivity contribution in [1.29, 1.82) is 0 Å². The highest BCUT2D eigenvalue weighted by molar-refractivity contribution is 7.99. The lowest BCUT2D eigenvalue weighted by Gasteiger charge is -2.06. The van der Waals surface area contributed by atoms with E-state index < -0.39 is 0 Å². The Labute approximate surface area is 152 Å². The molecule has 0 aliphatic carbocycles. The van der Waals surface area contributed by atoms with Crippen molar-refractivity contribution >= 4 is 33.3 Å². The highest BCUT2D eigenvalue weighted by atomic mass is 32.2. The Balaban J connectivity index is 1.55. The molecule has 0 radical (unpaired) electrons. The summed E-state index contributed by atoms with van der Waals surface area (Å²) in [6.07, 6.45) is 1.59. The van der Waals surface area contributed by atoms with Crippen molar-refractivity contribution in [3.63, 3.8) is 0 Å². The van der Waals surface area contributed by atoms with Gasteiger partial charge in [-0.2, -0.15) is 0 Å². The van der Waals surface area contributed by atoms with Gasteiger partial charge in [-0.3, -0.25) is 0 Å². The zero-order chi connectivity index (χ0) is 17.2. The van der Waals surface area contributed by atoms with Crippen LogP contribution in [0.5, 0.6) is 5.75 Å². The molecule has 25 heavy (non-hydrogen) atoms. The number of thioether (sulfide) groups is 1. The molecule has 0 saturated carbocycles. The largest absolute Gasteiger partial charge is 0.497 e. The fourth-order valence-electron chi connectivity index (χ4n) is 2.33. The molecule has 0 fully saturated rings. The summed E-state index contributed by atoms with van der Waals surface area (Å²) in [5, 5.41) is 12.3. The monoisotopic (exact) mass is 370 g/mol. The summed E-state index contributed by atoms with van der Waals surface area (Å²) in [6, 6.07) is 9.56. The van der Waals surface area contributed by atoms with Gasteiger partial charge in [-0.15, -0.1) is 21.5 Å². The van der Waals surface area contributed by atoms with Crippen LogP contribution in [0, 0.1) is 0 Å². The number of methoxy groups -OCH3 is 1. The maximum absolute atomic E-state index is 5.85. The van der Waals surface area contributed by atoms with E-state index in [0.29, 0.717) is 11.8 Å². The molecule has 126 valence electrons. The van der Waals surface area contributed by atoms with Gasteiger partial charge in [0.15, 0.2) is 0 Å². The molecule has 1 aromatic carbocycles. The average molecular weight is 370 g/mol. The number of hydrogen-bond acceptors (Lipinski definition) is 8. The summed E-state index contributed by atoms with van der Waals surface area (Å²) in [4.78, 5) is 9.64. The van der Waals surface area contributed by atoms with Gasteiger partial charge in [-0.25, -0.2) is 9.97 Å². The molecule has 1 atom stereocenters. The van der Waals surface area contributed by atoms with Gasteiger partial charge in [0.25, 0.3) is 0 Å². The molecule has 4 rings (SSSR count). The molecule has 3 heterocycles. The number of thiophene rings is 1. The second kappa shape index (κ2) is 6.81. The van der Waals surface area contributed by atoms with Crippen molar-refractivity contribution in [2.24, 2.45) is 0 Å². The van der Waals surface area contributed by atoms with Crippen LogP contribution in [-0.2, 0) is 0 Å². The predicted octanol–water partition coefficient (Wildman–Crippen LogP) is 4.60. The predicted molar refractivity (Wildman–Crippen MR) is 98.0 cm³/mol. The Kier molecular flexibility index (Phi) is 4.37. The molecule has 0 aliphatic heterocycles. The molecule has 0 saturated heterocycles. The number of rotatable bonds is 5. The van der Waals surface area contributed by atoms with E-state index in [1.807, 2.05) is 42.6 Å². The van der Waals surface area contributed by atoms with Crippen molar-refractivity contribution in [3.8, 4) is 17.2 Å². The molecule has 3 aromatic heterocycles. The molecule has 0 amide bonds. The van der Waals surface area contributed by atoms with E-state index in [2.05, 4.69) is 20.2 Å². The summed E-state index contributed by atoms with van der Waals surface area (Å²) in [5.74, 6) is 1.85. The van der Waals surface area contributed by atoms with Gasteiger partial charge in [0.2, 0.25) is 11.8 Å². The maximum atomic E-state index is 5.85.